The van der Waals surface area contributed by atoms with Crippen LogP contribution >= 0.6 is 11.6 Å². The molecule has 3 nitrogen and oxygen atoms in total. The SMILES string of the molecule is CC(C)CCC(C)NS(=O)(=O)c1cccc(Cl)c1. The molecular weight excluding hydrogens is 270 g/mol. The van der Waals surface area contributed by atoms with Gasteiger partial charge in [-0.15, -0.1) is 0 Å². The van der Waals surface area contributed by atoms with E-state index in [0.717, 1.165) is 12.8 Å². The normalized spacial score (nSPS) is 13.8. The predicted octanol–water partition coefficient (Wildman–Crippen LogP) is 3.44. The van der Waals surface area contributed by atoms with E-state index in [2.05, 4.69) is 18.6 Å². The van der Waals surface area contributed by atoms with Crippen molar-refractivity contribution < 1.29 is 8.42 Å². The van der Waals surface area contributed by atoms with Gasteiger partial charge in [0.2, 0.25) is 10.0 Å². The van der Waals surface area contributed by atoms with E-state index >= 15 is 0 Å². The molecule has 0 aromatic heterocycles. The second-order valence-corrected chi connectivity index (χ2v) is 7.10. The number of hydrogen-bond acceptors (Lipinski definition) is 2. The fourth-order valence-electron chi connectivity index (χ4n) is 1.61. The van der Waals surface area contributed by atoms with Gasteiger partial charge in [-0.25, -0.2) is 13.1 Å². The van der Waals surface area contributed by atoms with Crippen molar-refractivity contribution in [3.63, 3.8) is 0 Å². The molecule has 0 saturated heterocycles. The molecule has 0 amide bonds. The first-order valence-corrected chi connectivity index (χ1v) is 7.95. The average molecular weight is 290 g/mol. The third-order valence-electron chi connectivity index (χ3n) is 2.64. The summed E-state index contributed by atoms with van der Waals surface area (Å²) in [6, 6.07) is 6.22. The quantitative estimate of drug-likeness (QED) is 0.872. The fraction of sp³-hybridized carbons (Fsp3) is 0.538. The van der Waals surface area contributed by atoms with Crippen LogP contribution in [0.25, 0.3) is 0 Å². The molecule has 1 atom stereocenters. The van der Waals surface area contributed by atoms with E-state index < -0.39 is 10.0 Å². The highest BCUT2D eigenvalue weighted by molar-refractivity contribution is 7.89. The molecule has 1 rings (SSSR count). The van der Waals surface area contributed by atoms with E-state index in [0.29, 0.717) is 10.9 Å². The molecule has 0 heterocycles. The van der Waals surface area contributed by atoms with Crippen LogP contribution in [0.3, 0.4) is 0 Å². The first-order chi connectivity index (χ1) is 8.31. The second-order valence-electron chi connectivity index (χ2n) is 4.95. The predicted molar refractivity (Wildman–Crippen MR) is 75.3 cm³/mol. The van der Waals surface area contributed by atoms with Crippen LogP contribution in [-0.4, -0.2) is 14.5 Å². The Kier molecular flexibility index (Phi) is 5.63. The van der Waals surface area contributed by atoms with Crippen molar-refractivity contribution in [1.29, 1.82) is 0 Å². The molecule has 1 aromatic carbocycles. The van der Waals surface area contributed by atoms with Crippen molar-refractivity contribution in [3.05, 3.63) is 29.3 Å². The number of rotatable bonds is 6. The molecule has 0 bridgehead atoms. The van der Waals surface area contributed by atoms with Crippen molar-refractivity contribution in [2.75, 3.05) is 0 Å². The van der Waals surface area contributed by atoms with E-state index in [9.17, 15) is 8.42 Å². The lowest BCUT2D eigenvalue weighted by molar-refractivity contribution is 0.485. The fourth-order valence-corrected chi connectivity index (χ4v) is 3.19. The Morgan fingerprint density at radius 2 is 1.89 bits per heavy atom. The van der Waals surface area contributed by atoms with Crippen LogP contribution in [0.2, 0.25) is 5.02 Å². The van der Waals surface area contributed by atoms with E-state index in [1.807, 2.05) is 6.92 Å². The minimum Gasteiger partial charge on any atom is -0.208 e. The molecule has 0 saturated carbocycles. The first-order valence-electron chi connectivity index (χ1n) is 6.09. The van der Waals surface area contributed by atoms with E-state index in [1.165, 1.54) is 6.07 Å². The minimum atomic E-state index is -3.46. The van der Waals surface area contributed by atoms with Gasteiger partial charge in [-0.05, 0) is 43.9 Å². The lowest BCUT2D eigenvalue weighted by Gasteiger charge is -2.15. The maximum Gasteiger partial charge on any atom is 0.240 e. The lowest BCUT2D eigenvalue weighted by Crippen LogP contribution is -2.32. The Morgan fingerprint density at radius 3 is 2.44 bits per heavy atom. The summed E-state index contributed by atoms with van der Waals surface area (Å²) in [6.45, 7) is 6.13. The molecule has 0 fully saturated rings. The molecule has 1 N–H and O–H groups in total. The molecule has 0 aliphatic heterocycles. The van der Waals surface area contributed by atoms with E-state index in [-0.39, 0.29) is 10.9 Å². The highest BCUT2D eigenvalue weighted by Crippen LogP contribution is 2.16. The van der Waals surface area contributed by atoms with Gasteiger partial charge in [0.15, 0.2) is 0 Å². The summed E-state index contributed by atoms with van der Waals surface area (Å²) in [5.41, 5.74) is 0. The zero-order chi connectivity index (χ0) is 13.8. The van der Waals surface area contributed by atoms with Gasteiger partial charge in [0, 0.05) is 11.1 Å². The Hall–Kier alpha value is -0.580. The van der Waals surface area contributed by atoms with Crippen LogP contribution < -0.4 is 4.72 Å². The van der Waals surface area contributed by atoms with Gasteiger partial charge in [0.05, 0.1) is 4.90 Å². The average Bonchev–Trinajstić information content (AvgIpc) is 2.26. The van der Waals surface area contributed by atoms with Gasteiger partial charge in [0.1, 0.15) is 0 Å². The molecule has 0 aliphatic carbocycles. The summed E-state index contributed by atoms with van der Waals surface area (Å²) < 4.78 is 26.8. The third kappa shape index (κ3) is 4.96. The summed E-state index contributed by atoms with van der Waals surface area (Å²) in [5.74, 6) is 0.572. The topological polar surface area (TPSA) is 46.2 Å². The monoisotopic (exact) mass is 289 g/mol. The largest absolute Gasteiger partial charge is 0.240 e. The van der Waals surface area contributed by atoms with Crippen LogP contribution in [-0.2, 0) is 10.0 Å². The van der Waals surface area contributed by atoms with Crippen LogP contribution in [0.1, 0.15) is 33.6 Å². The zero-order valence-corrected chi connectivity index (χ0v) is 12.6. The van der Waals surface area contributed by atoms with Crippen molar-refractivity contribution >= 4 is 21.6 Å². The van der Waals surface area contributed by atoms with E-state index in [4.69, 9.17) is 11.6 Å². The summed E-state index contributed by atoms with van der Waals surface area (Å²) in [6.07, 6.45) is 1.83. The summed E-state index contributed by atoms with van der Waals surface area (Å²) in [7, 11) is -3.46. The number of hydrogen-bond donors (Lipinski definition) is 1. The van der Waals surface area contributed by atoms with Crippen molar-refractivity contribution in [3.8, 4) is 0 Å². The molecular formula is C13H20ClNO2S. The molecule has 18 heavy (non-hydrogen) atoms. The van der Waals surface area contributed by atoms with Crippen molar-refractivity contribution in [2.24, 2.45) is 5.92 Å². The maximum atomic E-state index is 12.1. The van der Waals surface area contributed by atoms with Gasteiger partial charge < -0.3 is 0 Å². The third-order valence-corrected chi connectivity index (χ3v) is 4.46. The Morgan fingerprint density at radius 1 is 1.22 bits per heavy atom. The van der Waals surface area contributed by atoms with Crippen LogP contribution in [0.5, 0.6) is 0 Å². The van der Waals surface area contributed by atoms with E-state index in [1.54, 1.807) is 18.2 Å². The highest BCUT2D eigenvalue weighted by atomic mass is 35.5. The highest BCUT2D eigenvalue weighted by Gasteiger charge is 2.17. The molecule has 1 unspecified atom stereocenters. The second kappa shape index (κ2) is 6.55. The standard InChI is InChI=1S/C13H20ClNO2S/c1-10(2)7-8-11(3)15-18(16,17)13-6-4-5-12(14)9-13/h4-6,9-11,15H,7-8H2,1-3H3. The van der Waals surface area contributed by atoms with Crippen molar-refractivity contribution in [2.45, 2.75) is 44.6 Å². The molecule has 5 heteroatoms. The number of sulfonamides is 1. The van der Waals surface area contributed by atoms with Gasteiger partial charge in [-0.2, -0.15) is 0 Å². The summed E-state index contributed by atoms with van der Waals surface area (Å²) >= 11 is 5.80. The van der Waals surface area contributed by atoms with Crippen LogP contribution in [0.4, 0.5) is 0 Å². The molecule has 0 spiro atoms. The molecule has 0 aliphatic rings. The van der Waals surface area contributed by atoms with Gasteiger partial charge in [-0.1, -0.05) is 31.5 Å². The Labute approximate surface area is 115 Å². The van der Waals surface area contributed by atoms with Gasteiger partial charge >= 0.3 is 0 Å². The Bertz CT molecular complexity index is 486. The van der Waals surface area contributed by atoms with Gasteiger partial charge in [0.25, 0.3) is 0 Å². The Balaban J connectivity index is 2.70. The van der Waals surface area contributed by atoms with Crippen molar-refractivity contribution in [1.82, 2.24) is 4.72 Å². The van der Waals surface area contributed by atoms with Crippen LogP contribution in [0.15, 0.2) is 29.2 Å². The summed E-state index contributed by atoms with van der Waals surface area (Å²) in [5, 5.41) is 0.424. The molecule has 1 aromatic rings. The minimum absolute atomic E-state index is 0.0728. The lowest BCUT2D eigenvalue weighted by atomic mass is 10.1. The maximum absolute atomic E-state index is 12.1. The van der Waals surface area contributed by atoms with Crippen LogP contribution in [0, 0.1) is 5.92 Å². The molecule has 102 valence electrons. The molecule has 0 radical (unpaired) electrons. The first kappa shape index (κ1) is 15.5. The summed E-state index contributed by atoms with van der Waals surface area (Å²) in [4.78, 5) is 0.214. The number of benzene rings is 1. The smallest absolute Gasteiger partial charge is 0.208 e. The zero-order valence-electron chi connectivity index (χ0n) is 11.0. The number of nitrogens with one attached hydrogen (secondary N) is 1. The van der Waals surface area contributed by atoms with Gasteiger partial charge in [-0.3, -0.25) is 0 Å². The number of halogens is 1.